The SMILES string of the molecule is Nc1cc([N+](=O)[O-])ccc1Oc1ccc2c(c1)CCCC2. The second-order valence-electron chi connectivity index (χ2n) is 5.22. The van der Waals surface area contributed by atoms with Gasteiger partial charge >= 0.3 is 0 Å². The van der Waals surface area contributed by atoms with Crippen LogP contribution in [-0.2, 0) is 12.8 Å². The summed E-state index contributed by atoms with van der Waals surface area (Å²) in [6, 6.07) is 10.3. The Labute approximate surface area is 122 Å². The average molecular weight is 284 g/mol. The molecule has 1 aliphatic rings. The number of nitrogens with zero attached hydrogens (tertiary/aromatic N) is 1. The van der Waals surface area contributed by atoms with Crippen molar-refractivity contribution in [3.8, 4) is 11.5 Å². The zero-order chi connectivity index (χ0) is 14.8. The normalized spacial score (nSPS) is 13.5. The molecular formula is C16H16N2O3. The van der Waals surface area contributed by atoms with Gasteiger partial charge in [0, 0.05) is 12.1 Å². The third kappa shape index (κ3) is 2.81. The fourth-order valence-corrected chi connectivity index (χ4v) is 2.64. The lowest BCUT2D eigenvalue weighted by atomic mass is 9.92. The summed E-state index contributed by atoms with van der Waals surface area (Å²) in [5.74, 6) is 1.16. The minimum absolute atomic E-state index is 0.0368. The number of nitrogens with two attached hydrogens (primary N) is 1. The molecule has 0 atom stereocenters. The van der Waals surface area contributed by atoms with Crippen LogP contribution < -0.4 is 10.5 Å². The number of nitrogen functional groups attached to an aromatic ring is 1. The number of nitro benzene ring substituents is 1. The molecule has 0 spiro atoms. The van der Waals surface area contributed by atoms with Crippen molar-refractivity contribution in [3.63, 3.8) is 0 Å². The molecule has 1 aliphatic carbocycles. The summed E-state index contributed by atoms with van der Waals surface area (Å²) in [6.45, 7) is 0. The van der Waals surface area contributed by atoms with Crippen LogP contribution in [0.15, 0.2) is 36.4 Å². The summed E-state index contributed by atoms with van der Waals surface area (Å²) in [6.07, 6.45) is 4.64. The maximum absolute atomic E-state index is 10.7. The van der Waals surface area contributed by atoms with Gasteiger partial charge in [0.1, 0.15) is 5.75 Å². The van der Waals surface area contributed by atoms with E-state index in [-0.39, 0.29) is 11.4 Å². The molecule has 0 saturated heterocycles. The molecule has 0 saturated carbocycles. The van der Waals surface area contributed by atoms with Crippen LogP contribution in [0.5, 0.6) is 11.5 Å². The molecule has 0 heterocycles. The first-order valence-corrected chi connectivity index (χ1v) is 6.97. The topological polar surface area (TPSA) is 78.4 Å². The zero-order valence-corrected chi connectivity index (χ0v) is 11.5. The van der Waals surface area contributed by atoms with E-state index in [1.807, 2.05) is 12.1 Å². The Morgan fingerprint density at radius 1 is 1.05 bits per heavy atom. The number of aryl methyl sites for hydroxylation is 2. The smallest absolute Gasteiger partial charge is 0.271 e. The van der Waals surface area contributed by atoms with Crippen LogP contribution in [0.25, 0.3) is 0 Å². The van der Waals surface area contributed by atoms with Gasteiger partial charge in [0.25, 0.3) is 5.69 Å². The summed E-state index contributed by atoms with van der Waals surface area (Å²) in [5, 5.41) is 10.7. The largest absolute Gasteiger partial charge is 0.455 e. The molecule has 0 fully saturated rings. The Balaban J connectivity index is 1.85. The van der Waals surface area contributed by atoms with Gasteiger partial charge in [0.15, 0.2) is 5.75 Å². The molecule has 3 rings (SSSR count). The number of ether oxygens (including phenoxy) is 1. The van der Waals surface area contributed by atoms with Crippen molar-refractivity contribution < 1.29 is 9.66 Å². The van der Waals surface area contributed by atoms with Crippen LogP contribution in [0.1, 0.15) is 24.0 Å². The highest BCUT2D eigenvalue weighted by Crippen LogP contribution is 2.32. The van der Waals surface area contributed by atoms with Crippen molar-refractivity contribution in [3.05, 3.63) is 57.6 Å². The number of hydrogen-bond donors (Lipinski definition) is 1. The first-order valence-electron chi connectivity index (χ1n) is 6.97. The van der Waals surface area contributed by atoms with Crippen LogP contribution in [0.4, 0.5) is 11.4 Å². The number of hydrogen-bond acceptors (Lipinski definition) is 4. The maximum atomic E-state index is 10.7. The molecule has 0 bridgehead atoms. The van der Waals surface area contributed by atoms with Crippen molar-refractivity contribution in [2.24, 2.45) is 0 Å². The van der Waals surface area contributed by atoms with Crippen molar-refractivity contribution in [2.45, 2.75) is 25.7 Å². The minimum Gasteiger partial charge on any atom is -0.455 e. The van der Waals surface area contributed by atoms with Crippen LogP contribution in [-0.4, -0.2) is 4.92 Å². The highest BCUT2D eigenvalue weighted by atomic mass is 16.6. The van der Waals surface area contributed by atoms with Gasteiger partial charge in [-0.05, 0) is 55.0 Å². The molecule has 2 aromatic rings. The lowest BCUT2D eigenvalue weighted by Gasteiger charge is -2.17. The summed E-state index contributed by atoms with van der Waals surface area (Å²) in [7, 11) is 0. The molecule has 108 valence electrons. The predicted octanol–water partition coefficient (Wildman–Crippen LogP) is 3.85. The van der Waals surface area contributed by atoms with E-state index in [1.165, 1.54) is 42.2 Å². The van der Waals surface area contributed by atoms with Gasteiger partial charge in [0.05, 0.1) is 10.6 Å². The molecule has 5 heteroatoms. The molecule has 2 N–H and O–H groups in total. The quantitative estimate of drug-likeness (QED) is 0.527. The van der Waals surface area contributed by atoms with E-state index in [2.05, 4.69) is 6.07 Å². The van der Waals surface area contributed by atoms with Gasteiger partial charge in [-0.25, -0.2) is 0 Å². The first-order chi connectivity index (χ1) is 10.1. The summed E-state index contributed by atoms with van der Waals surface area (Å²) in [5.41, 5.74) is 8.74. The highest BCUT2D eigenvalue weighted by molar-refractivity contribution is 5.59. The minimum atomic E-state index is -0.473. The third-order valence-electron chi connectivity index (χ3n) is 3.75. The molecule has 0 unspecified atom stereocenters. The van der Waals surface area contributed by atoms with E-state index in [0.717, 1.165) is 18.6 Å². The lowest BCUT2D eigenvalue weighted by Crippen LogP contribution is -2.02. The molecule has 21 heavy (non-hydrogen) atoms. The number of non-ortho nitro benzene ring substituents is 1. The lowest BCUT2D eigenvalue weighted by molar-refractivity contribution is -0.384. The van der Waals surface area contributed by atoms with Gasteiger partial charge in [-0.3, -0.25) is 10.1 Å². The van der Waals surface area contributed by atoms with Crippen LogP contribution in [0.2, 0.25) is 0 Å². The number of rotatable bonds is 3. The second-order valence-corrected chi connectivity index (χ2v) is 5.22. The van der Waals surface area contributed by atoms with E-state index in [0.29, 0.717) is 5.75 Å². The Morgan fingerprint density at radius 3 is 2.52 bits per heavy atom. The van der Waals surface area contributed by atoms with Crippen molar-refractivity contribution >= 4 is 11.4 Å². The predicted molar refractivity (Wildman–Crippen MR) is 80.7 cm³/mol. The number of fused-ring (bicyclic) bond motifs is 1. The highest BCUT2D eigenvalue weighted by Gasteiger charge is 2.13. The van der Waals surface area contributed by atoms with Gasteiger partial charge in [-0.2, -0.15) is 0 Å². The number of anilines is 1. The molecule has 0 radical (unpaired) electrons. The number of nitro groups is 1. The average Bonchev–Trinajstić information content (AvgIpc) is 2.49. The third-order valence-corrected chi connectivity index (χ3v) is 3.75. The van der Waals surface area contributed by atoms with Gasteiger partial charge in [0.2, 0.25) is 0 Å². The maximum Gasteiger partial charge on any atom is 0.271 e. The first kappa shape index (κ1) is 13.4. The molecular weight excluding hydrogens is 268 g/mol. The van der Waals surface area contributed by atoms with Crippen LogP contribution in [0, 0.1) is 10.1 Å². The van der Waals surface area contributed by atoms with Crippen LogP contribution in [0.3, 0.4) is 0 Å². The number of benzene rings is 2. The fraction of sp³-hybridized carbons (Fsp3) is 0.250. The molecule has 5 nitrogen and oxygen atoms in total. The monoisotopic (exact) mass is 284 g/mol. The van der Waals surface area contributed by atoms with E-state index >= 15 is 0 Å². The molecule has 0 aromatic heterocycles. The second kappa shape index (κ2) is 5.44. The standard InChI is InChI=1S/C16H16N2O3/c17-15-10-13(18(19)20)6-8-16(15)21-14-7-5-11-3-1-2-4-12(11)9-14/h5-10H,1-4,17H2. The van der Waals surface area contributed by atoms with Gasteiger partial charge in [-0.15, -0.1) is 0 Å². The molecule has 2 aromatic carbocycles. The fourth-order valence-electron chi connectivity index (χ4n) is 2.64. The zero-order valence-electron chi connectivity index (χ0n) is 11.5. The van der Waals surface area contributed by atoms with E-state index in [1.54, 1.807) is 0 Å². The van der Waals surface area contributed by atoms with Crippen LogP contribution >= 0.6 is 0 Å². The van der Waals surface area contributed by atoms with E-state index in [9.17, 15) is 10.1 Å². The Morgan fingerprint density at radius 2 is 1.81 bits per heavy atom. The van der Waals surface area contributed by atoms with Gasteiger partial charge in [-0.1, -0.05) is 6.07 Å². The Kier molecular flexibility index (Phi) is 3.48. The summed E-state index contributed by atoms with van der Waals surface area (Å²) < 4.78 is 5.76. The Bertz CT molecular complexity index is 698. The van der Waals surface area contributed by atoms with E-state index < -0.39 is 4.92 Å². The molecule has 0 aliphatic heterocycles. The van der Waals surface area contributed by atoms with Crippen molar-refractivity contribution in [1.82, 2.24) is 0 Å². The molecule has 0 amide bonds. The summed E-state index contributed by atoms with van der Waals surface area (Å²) in [4.78, 5) is 10.2. The van der Waals surface area contributed by atoms with Gasteiger partial charge < -0.3 is 10.5 Å². The van der Waals surface area contributed by atoms with Crippen molar-refractivity contribution in [1.29, 1.82) is 0 Å². The Hall–Kier alpha value is -2.56. The van der Waals surface area contributed by atoms with Crippen molar-refractivity contribution in [2.75, 3.05) is 5.73 Å². The van der Waals surface area contributed by atoms with E-state index in [4.69, 9.17) is 10.5 Å². The summed E-state index contributed by atoms with van der Waals surface area (Å²) >= 11 is 0.